The van der Waals surface area contributed by atoms with Gasteiger partial charge in [-0.3, -0.25) is 0 Å². The molecule has 1 heterocycles. The van der Waals surface area contributed by atoms with Crippen molar-refractivity contribution in [2.24, 2.45) is 0 Å². The molecular formula is C14H13Cl3N2O. The van der Waals surface area contributed by atoms with Crippen molar-refractivity contribution in [3.63, 3.8) is 0 Å². The molecule has 1 aromatic carbocycles. The minimum atomic E-state index is 0.473. The quantitative estimate of drug-likeness (QED) is 0.841. The molecule has 2 aromatic rings. The van der Waals surface area contributed by atoms with Gasteiger partial charge in [-0.1, -0.05) is 40.9 Å². The van der Waals surface area contributed by atoms with Crippen LogP contribution in [0.2, 0.25) is 15.1 Å². The van der Waals surface area contributed by atoms with E-state index in [0.717, 1.165) is 12.1 Å². The lowest BCUT2D eigenvalue weighted by Crippen LogP contribution is -2.01. The Balaban J connectivity index is 2.54. The molecule has 1 N–H and O–H groups in total. The van der Waals surface area contributed by atoms with E-state index < -0.39 is 0 Å². The summed E-state index contributed by atoms with van der Waals surface area (Å²) in [5, 5.41) is 4.59. The van der Waals surface area contributed by atoms with Gasteiger partial charge in [0.2, 0.25) is 0 Å². The lowest BCUT2D eigenvalue weighted by molar-refractivity contribution is 0.415. The number of anilines is 1. The first kappa shape index (κ1) is 15.2. The number of aromatic nitrogens is 1. The predicted molar refractivity (Wildman–Crippen MR) is 85.4 cm³/mol. The molecular weight excluding hydrogens is 319 g/mol. The van der Waals surface area contributed by atoms with E-state index >= 15 is 0 Å². The Kier molecular flexibility index (Phi) is 4.97. The second-order valence-electron chi connectivity index (χ2n) is 4.03. The average molecular weight is 332 g/mol. The van der Waals surface area contributed by atoms with Crippen molar-refractivity contribution < 1.29 is 4.74 Å². The Bertz CT molecular complexity index is 632. The third-order valence-electron chi connectivity index (χ3n) is 2.70. The summed E-state index contributed by atoms with van der Waals surface area (Å²) < 4.78 is 5.20. The Morgan fingerprint density at radius 3 is 2.50 bits per heavy atom. The normalized spacial score (nSPS) is 10.4. The maximum absolute atomic E-state index is 6.22. The van der Waals surface area contributed by atoms with Crippen LogP contribution in [-0.4, -0.2) is 18.6 Å². The molecule has 1 aromatic heterocycles. The van der Waals surface area contributed by atoms with E-state index in [1.165, 1.54) is 0 Å². The van der Waals surface area contributed by atoms with Gasteiger partial charge in [-0.25, -0.2) is 4.98 Å². The Morgan fingerprint density at radius 2 is 1.85 bits per heavy atom. The second kappa shape index (κ2) is 6.53. The van der Waals surface area contributed by atoms with Gasteiger partial charge < -0.3 is 10.1 Å². The van der Waals surface area contributed by atoms with Crippen molar-refractivity contribution >= 4 is 40.6 Å². The van der Waals surface area contributed by atoms with Gasteiger partial charge in [-0.15, -0.1) is 0 Å². The second-order valence-corrected chi connectivity index (χ2v) is 5.25. The smallest absolute Gasteiger partial charge is 0.145 e. The molecule has 0 saturated heterocycles. The lowest BCUT2D eigenvalue weighted by atomic mass is 10.1. The van der Waals surface area contributed by atoms with Crippen LogP contribution in [0.3, 0.4) is 0 Å². The molecule has 0 atom stereocenters. The molecule has 6 heteroatoms. The van der Waals surface area contributed by atoms with Crippen LogP contribution in [0, 0.1) is 0 Å². The van der Waals surface area contributed by atoms with E-state index in [-0.39, 0.29) is 0 Å². The number of pyridine rings is 1. The summed E-state index contributed by atoms with van der Waals surface area (Å²) in [5.41, 5.74) is 1.44. The largest absolute Gasteiger partial charge is 0.495 e. The molecule has 2 rings (SSSR count). The zero-order valence-electron chi connectivity index (χ0n) is 11.0. The first-order valence-corrected chi connectivity index (χ1v) is 7.14. The number of methoxy groups -OCH3 is 1. The van der Waals surface area contributed by atoms with Crippen LogP contribution in [0.1, 0.15) is 6.92 Å². The molecule has 106 valence electrons. The Labute approximate surface area is 132 Å². The maximum atomic E-state index is 6.22. The van der Waals surface area contributed by atoms with Crippen LogP contribution in [-0.2, 0) is 0 Å². The average Bonchev–Trinajstić information content (AvgIpc) is 2.43. The summed E-state index contributed by atoms with van der Waals surface area (Å²) in [4.78, 5) is 4.46. The van der Waals surface area contributed by atoms with Gasteiger partial charge in [0.05, 0.1) is 27.9 Å². The molecule has 0 bridgehead atoms. The number of nitrogens with one attached hydrogen (secondary N) is 1. The van der Waals surface area contributed by atoms with E-state index in [4.69, 9.17) is 39.5 Å². The highest BCUT2D eigenvalue weighted by Crippen LogP contribution is 2.35. The van der Waals surface area contributed by atoms with Gasteiger partial charge in [0.15, 0.2) is 0 Å². The number of benzene rings is 1. The van der Waals surface area contributed by atoms with Crippen LogP contribution in [0.15, 0.2) is 24.3 Å². The number of hydrogen-bond acceptors (Lipinski definition) is 3. The fourth-order valence-electron chi connectivity index (χ4n) is 1.77. The number of ether oxygens (including phenoxy) is 1. The highest BCUT2D eigenvalue weighted by atomic mass is 35.5. The number of hydrogen-bond donors (Lipinski definition) is 1. The van der Waals surface area contributed by atoms with E-state index in [2.05, 4.69) is 10.3 Å². The highest BCUT2D eigenvalue weighted by molar-refractivity contribution is 6.37. The molecule has 0 fully saturated rings. The molecule has 0 radical (unpaired) electrons. The van der Waals surface area contributed by atoms with Gasteiger partial charge in [-0.2, -0.15) is 0 Å². The summed E-state index contributed by atoms with van der Waals surface area (Å²) in [7, 11) is 1.56. The number of rotatable bonds is 4. The third-order valence-corrected chi connectivity index (χ3v) is 3.59. The summed E-state index contributed by atoms with van der Waals surface area (Å²) >= 11 is 18.3. The van der Waals surface area contributed by atoms with Crippen LogP contribution in [0.25, 0.3) is 11.3 Å². The fraction of sp³-hybridized carbons (Fsp3) is 0.214. The molecule has 0 saturated carbocycles. The molecule has 0 aliphatic carbocycles. The molecule has 20 heavy (non-hydrogen) atoms. The Morgan fingerprint density at radius 1 is 1.10 bits per heavy atom. The van der Waals surface area contributed by atoms with Gasteiger partial charge in [0, 0.05) is 12.1 Å². The summed E-state index contributed by atoms with van der Waals surface area (Å²) in [6.45, 7) is 2.69. The Hall–Kier alpha value is -1.16. The van der Waals surface area contributed by atoms with Gasteiger partial charge in [0.1, 0.15) is 11.6 Å². The van der Waals surface area contributed by atoms with Crippen molar-refractivity contribution in [1.82, 2.24) is 4.98 Å². The molecule has 0 unspecified atom stereocenters. The topological polar surface area (TPSA) is 34.2 Å². The van der Waals surface area contributed by atoms with E-state index in [9.17, 15) is 0 Å². The van der Waals surface area contributed by atoms with Gasteiger partial charge >= 0.3 is 0 Å². The molecule has 3 nitrogen and oxygen atoms in total. The van der Waals surface area contributed by atoms with Gasteiger partial charge in [0.25, 0.3) is 0 Å². The van der Waals surface area contributed by atoms with E-state index in [1.807, 2.05) is 13.0 Å². The van der Waals surface area contributed by atoms with Crippen LogP contribution < -0.4 is 10.1 Å². The van der Waals surface area contributed by atoms with Crippen molar-refractivity contribution in [2.45, 2.75) is 6.92 Å². The molecule has 0 aliphatic heterocycles. The van der Waals surface area contributed by atoms with Crippen LogP contribution >= 0.6 is 34.8 Å². The van der Waals surface area contributed by atoms with Crippen molar-refractivity contribution in [3.8, 4) is 17.0 Å². The SMILES string of the molecule is CCNc1nc(-c2ccc(Cl)c(OC)c2)c(Cl)cc1Cl. The van der Waals surface area contributed by atoms with Gasteiger partial charge in [-0.05, 0) is 25.1 Å². The van der Waals surface area contributed by atoms with Crippen molar-refractivity contribution in [3.05, 3.63) is 39.3 Å². The number of halogens is 3. The predicted octanol–water partition coefficient (Wildman–Crippen LogP) is 5.15. The minimum absolute atomic E-state index is 0.473. The lowest BCUT2D eigenvalue weighted by Gasteiger charge is -2.11. The maximum Gasteiger partial charge on any atom is 0.145 e. The van der Waals surface area contributed by atoms with Crippen molar-refractivity contribution in [1.29, 1.82) is 0 Å². The van der Waals surface area contributed by atoms with Crippen molar-refractivity contribution in [2.75, 3.05) is 19.0 Å². The monoisotopic (exact) mass is 330 g/mol. The highest BCUT2D eigenvalue weighted by Gasteiger charge is 2.12. The van der Waals surface area contributed by atoms with E-state index in [0.29, 0.717) is 32.3 Å². The summed E-state index contributed by atoms with van der Waals surface area (Å²) in [6, 6.07) is 7.04. The fourth-order valence-corrected chi connectivity index (χ4v) is 2.50. The first-order valence-electron chi connectivity index (χ1n) is 6.00. The molecule has 0 amide bonds. The minimum Gasteiger partial charge on any atom is -0.495 e. The van der Waals surface area contributed by atoms with Crippen LogP contribution in [0.5, 0.6) is 5.75 Å². The number of nitrogens with zero attached hydrogens (tertiary/aromatic N) is 1. The molecule has 0 spiro atoms. The zero-order valence-corrected chi connectivity index (χ0v) is 13.3. The third kappa shape index (κ3) is 3.11. The zero-order chi connectivity index (χ0) is 14.7. The summed E-state index contributed by atoms with van der Waals surface area (Å²) in [5.74, 6) is 1.17. The standard InChI is InChI=1S/C14H13Cl3N2O/c1-3-18-14-11(17)7-10(16)13(19-14)8-4-5-9(15)12(6-8)20-2/h4-7H,3H2,1-2H3,(H,18,19). The first-order chi connectivity index (χ1) is 9.56. The van der Waals surface area contributed by atoms with E-state index in [1.54, 1.807) is 25.3 Å². The summed E-state index contributed by atoms with van der Waals surface area (Å²) in [6.07, 6.45) is 0. The van der Waals surface area contributed by atoms with Crippen LogP contribution in [0.4, 0.5) is 5.82 Å². The molecule has 0 aliphatic rings.